The van der Waals surface area contributed by atoms with Gasteiger partial charge in [-0.15, -0.1) is 0 Å². The number of carbonyl (C=O) groups is 2. The first-order valence-corrected chi connectivity index (χ1v) is 8.76. The number of aromatic nitrogens is 2. The summed E-state index contributed by atoms with van der Waals surface area (Å²) in [6.07, 6.45) is -5.54. The van der Waals surface area contributed by atoms with Gasteiger partial charge in [0.05, 0.1) is 26.3 Å². The van der Waals surface area contributed by atoms with Gasteiger partial charge in [0, 0.05) is 5.56 Å². The highest BCUT2D eigenvalue weighted by Crippen LogP contribution is 2.31. The summed E-state index contributed by atoms with van der Waals surface area (Å²) in [5, 5.41) is 4.36. The summed E-state index contributed by atoms with van der Waals surface area (Å²) < 4.78 is 49.3. The minimum atomic E-state index is -4.40. The van der Waals surface area contributed by atoms with Crippen molar-refractivity contribution in [1.82, 2.24) is 9.78 Å². The number of hydrogen-bond acceptors (Lipinski definition) is 5. The minimum Gasteiger partial charge on any atom is -0.465 e. The normalized spacial score (nSPS) is 11.2. The molecule has 0 saturated carbocycles. The van der Waals surface area contributed by atoms with Gasteiger partial charge in [-0.05, 0) is 23.8 Å². The Bertz CT molecular complexity index is 1080. The van der Waals surface area contributed by atoms with Gasteiger partial charge < -0.3 is 9.47 Å². The van der Waals surface area contributed by atoms with Crippen molar-refractivity contribution in [2.24, 2.45) is 0 Å². The van der Waals surface area contributed by atoms with Gasteiger partial charge in [0.1, 0.15) is 11.3 Å². The Morgan fingerprint density at radius 3 is 2.23 bits per heavy atom. The van der Waals surface area contributed by atoms with Crippen LogP contribution in [0.1, 0.15) is 26.4 Å². The summed E-state index contributed by atoms with van der Waals surface area (Å²) in [5.41, 5.74) is 0.307. The quantitative estimate of drug-likeness (QED) is 0.581. The summed E-state index contributed by atoms with van der Waals surface area (Å²) in [6, 6.07) is 14.0. The number of nitrogens with zero attached hydrogens (tertiary/aromatic N) is 2. The summed E-state index contributed by atoms with van der Waals surface area (Å²) in [5.74, 6) is -1.71. The molecule has 9 heteroatoms. The second-order valence-electron chi connectivity index (χ2n) is 6.30. The number of halogens is 3. The van der Waals surface area contributed by atoms with E-state index in [0.29, 0.717) is 5.69 Å². The molecule has 0 bridgehead atoms. The molecule has 1 heterocycles. The number of para-hydroxylation sites is 1. The van der Waals surface area contributed by atoms with Gasteiger partial charge in [0.25, 0.3) is 0 Å². The lowest BCUT2D eigenvalue weighted by Crippen LogP contribution is -2.15. The van der Waals surface area contributed by atoms with Crippen molar-refractivity contribution >= 4 is 11.9 Å². The fourth-order valence-electron chi connectivity index (χ4n) is 3.02. The monoisotopic (exact) mass is 418 g/mol. The first-order chi connectivity index (χ1) is 14.2. The van der Waals surface area contributed by atoms with Crippen LogP contribution in [0.5, 0.6) is 0 Å². The van der Waals surface area contributed by atoms with Crippen molar-refractivity contribution in [3.63, 3.8) is 0 Å². The van der Waals surface area contributed by atoms with Crippen molar-refractivity contribution in [3.05, 3.63) is 71.4 Å². The van der Waals surface area contributed by atoms with Crippen LogP contribution in [0.3, 0.4) is 0 Å². The van der Waals surface area contributed by atoms with Gasteiger partial charge >= 0.3 is 18.1 Å². The molecule has 1 aromatic heterocycles. The SMILES string of the molecule is COC(=O)c1c(-c2cccc(CC(F)(F)F)c2)nn(-c2ccccc2)c1C(=O)OC. The molecule has 0 aliphatic carbocycles. The number of methoxy groups -OCH3 is 2. The van der Waals surface area contributed by atoms with Crippen molar-refractivity contribution in [2.45, 2.75) is 12.6 Å². The smallest absolute Gasteiger partial charge is 0.393 e. The van der Waals surface area contributed by atoms with E-state index in [0.717, 1.165) is 14.2 Å². The fraction of sp³-hybridized carbons (Fsp3) is 0.190. The molecule has 0 amide bonds. The van der Waals surface area contributed by atoms with Crippen LogP contribution < -0.4 is 0 Å². The van der Waals surface area contributed by atoms with Crippen LogP contribution in [0.2, 0.25) is 0 Å². The van der Waals surface area contributed by atoms with E-state index in [-0.39, 0.29) is 28.1 Å². The molecule has 30 heavy (non-hydrogen) atoms. The molecule has 0 N–H and O–H groups in total. The van der Waals surface area contributed by atoms with Crippen LogP contribution in [-0.4, -0.2) is 42.1 Å². The number of benzene rings is 2. The third-order valence-corrected chi connectivity index (χ3v) is 4.26. The Morgan fingerprint density at radius 1 is 0.967 bits per heavy atom. The molecule has 3 aromatic rings. The number of carbonyl (C=O) groups excluding carboxylic acids is 2. The Kier molecular flexibility index (Phi) is 5.91. The second kappa shape index (κ2) is 8.40. The molecule has 3 rings (SSSR count). The molecule has 6 nitrogen and oxygen atoms in total. The molecule has 0 fully saturated rings. The molecule has 0 aliphatic heterocycles. The fourth-order valence-corrected chi connectivity index (χ4v) is 3.02. The zero-order chi connectivity index (χ0) is 21.9. The summed E-state index contributed by atoms with van der Waals surface area (Å²) in [6.45, 7) is 0. The van der Waals surface area contributed by atoms with E-state index in [4.69, 9.17) is 9.47 Å². The summed E-state index contributed by atoms with van der Waals surface area (Å²) in [4.78, 5) is 25.1. The van der Waals surface area contributed by atoms with Crippen LogP contribution in [0.15, 0.2) is 54.6 Å². The molecule has 0 spiro atoms. The average molecular weight is 418 g/mol. The average Bonchev–Trinajstić information content (AvgIpc) is 3.13. The van der Waals surface area contributed by atoms with Crippen molar-refractivity contribution in [2.75, 3.05) is 14.2 Å². The van der Waals surface area contributed by atoms with Gasteiger partial charge in [0.2, 0.25) is 0 Å². The molecule has 0 aliphatic rings. The van der Waals surface area contributed by atoms with Crippen LogP contribution in [0.4, 0.5) is 13.2 Å². The zero-order valence-electron chi connectivity index (χ0n) is 16.1. The van der Waals surface area contributed by atoms with Crippen LogP contribution in [0.25, 0.3) is 16.9 Å². The van der Waals surface area contributed by atoms with Gasteiger partial charge in [-0.2, -0.15) is 18.3 Å². The van der Waals surface area contributed by atoms with E-state index in [1.54, 1.807) is 30.3 Å². The van der Waals surface area contributed by atoms with Crippen LogP contribution in [0, 0.1) is 0 Å². The van der Waals surface area contributed by atoms with E-state index in [2.05, 4.69) is 5.10 Å². The largest absolute Gasteiger partial charge is 0.465 e. The number of hydrogen-bond donors (Lipinski definition) is 0. The Hall–Kier alpha value is -3.62. The first-order valence-electron chi connectivity index (χ1n) is 8.76. The maximum absolute atomic E-state index is 12.8. The Balaban J connectivity index is 2.27. The van der Waals surface area contributed by atoms with E-state index in [1.807, 2.05) is 0 Å². The van der Waals surface area contributed by atoms with Gasteiger partial charge in [-0.3, -0.25) is 0 Å². The standard InChI is InChI=1S/C21H17F3N2O4/c1-29-19(27)16-17(14-8-6-7-13(11-14)12-21(22,23)24)25-26(18(16)20(28)30-2)15-9-4-3-5-10-15/h3-11H,12H2,1-2H3. The lowest BCUT2D eigenvalue weighted by molar-refractivity contribution is -0.127. The van der Waals surface area contributed by atoms with Gasteiger partial charge in [-0.25, -0.2) is 14.3 Å². The number of alkyl halides is 3. The highest BCUT2D eigenvalue weighted by Gasteiger charge is 2.32. The van der Waals surface area contributed by atoms with E-state index < -0.39 is 24.5 Å². The molecule has 0 unspecified atom stereocenters. The summed E-state index contributed by atoms with van der Waals surface area (Å²) >= 11 is 0. The van der Waals surface area contributed by atoms with Crippen molar-refractivity contribution in [1.29, 1.82) is 0 Å². The molecule has 0 saturated heterocycles. The molecule has 0 radical (unpaired) electrons. The third kappa shape index (κ3) is 4.35. The maximum Gasteiger partial charge on any atom is 0.393 e. The second-order valence-corrected chi connectivity index (χ2v) is 6.30. The molecular formula is C21H17F3N2O4. The first kappa shape index (κ1) is 21.1. The highest BCUT2D eigenvalue weighted by atomic mass is 19.4. The maximum atomic E-state index is 12.8. The molecule has 156 valence electrons. The minimum absolute atomic E-state index is 0.00938. The number of ether oxygens (including phenoxy) is 2. The third-order valence-electron chi connectivity index (χ3n) is 4.26. The summed E-state index contributed by atoms with van der Waals surface area (Å²) in [7, 11) is 2.28. The van der Waals surface area contributed by atoms with E-state index in [9.17, 15) is 22.8 Å². The molecular weight excluding hydrogens is 401 g/mol. The van der Waals surface area contributed by atoms with E-state index in [1.165, 1.54) is 28.9 Å². The predicted molar refractivity (Wildman–Crippen MR) is 101 cm³/mol. The number of esters is 2. The van der Waals surface area contributed by atoms with Crippen molar-refractivity contribution in [3.8, 4) is 16.9 Å². The van der Waals surface area contributed by atoms with Gasteiger partial charge in [0.15, 0.2) is 5.69 Å². The topological polar surface area (TPSA) is 70.4 Å². The Labute approximate surface area is 169 Å². The molecule has 2 aromatic carbocycles. The van der Waals surface area contributed by atoms with Crippen LogP contribution >= 0.6 is 0 Å². The predicted octanol–water partition coefficient (Wildman–Crippen LogP) is 4.22. The van der Waals surface area contributed by atoms with Crippen LogP contribution in [-0.2, 0) is 15.9 Å². The molecule has 0 atom stereocenters. The highest BCUT2D eigenvalue weighted by molar-refractivity contribution is 6.06. The zero-order valence-corrected chi connectivity index (χ0v) is 16.1. The number of rotatable bonds is 5. The van der Waals surface area contributed by atoms with Gasteiger partial charge in [-0.1, -0.05) is 36.4 Å². The lowest BCUT2D eigenvalue weighted by atomic mass is 10.0. The van der Waals surface area contributed by atoms with E-state index >= 15 is 0 Å². The van der Waals surface area contributed by atoms with Crippen molar-refractivity contribution < 1.29 is 32.2 Å². The lowest BCUT2D eigenvalue weighted by Gasteiger charge is -2.08. The Morgan fingerprint density at radius 2 is 1.63 bits per heavy atom.